The molecule has 9 heteroatoms. The molecule has 1 amide bonds. The maximum absolute atomic E-state index is 12.5. The zero-order valence-corrected chi connectivity index (χ0v) is 18.1. The molecule has 0 bridgehead atoms. The van der Waals surface area contributed by atoms with E-state index >= 15 is 0 Å². The van der Waals surface area contributed by atoms with Crippen LogP contribution in [-0.2, 0) is 11.3 Å². The lowest BCUT2D eigenvalue weighted by atomic mass is 10.2. The van der Waals surface area contributed by atoms with Crippen molar-refractivity contribution >= 4 is 34.1 Å². The number of carbonyl (C=O) groups excluding carboxylic acids is 1. The van der Waals surface area contributed by atoms with Crippen LogP contribution in [0.1, 0.15) is 24.4 Å². The Morgan fingerprint density at radius 2 is 2.00 bits per heavy atom. The fraction of sp³-hybridized carbons (Fsp3) is 0.368. The first-order valence-electron chi connectivity index (χ1n) is 8.92. The number of carbonyl (C=O) groups is 1. The summed E-state index contributed by atoms with van der Waals surface area (Å²) in [7, 11) is 1.64. The van der Waals surface area contributed by atoms with Gasteiger partial charge in [-0.1, -0.05) is 11.8 Å². The van der Waals surface area contributed by atoms with Gasteiger partial charge in [-0.2, -0.15) is 0 Å². The highest BCUT2D eigenvalue weighted by Gasteiger charge is 2.21. The fourth-order valence-electron chi connectivity index (χ4n) is 2.56. The van der Waals surface area contributed by atoms with Gasteiger partial charge in [-0.3, -0.25) is 4.79 Å². The SMILES string of the molecule is CCn1c(S[C@@H](C)C(=O)Nc2nc(C)c(C)s2)nnc1-c1ccc(OC)cc1. The molecule has 1 N–H and O–H groups in total. The molecule has 148 valence electrons. The number of nitrogens with one attached hydrogen (secondary N) is 1. The van der Waals surface area contributed by atoms with Crippen molar-refractivity contribution in [3.63, 3.8) is 0 Å². The Labute approximate surface area is 172 Å². The Morgan fingerprint density at radius 3 is 2.57 bits per heavy atom. The molecule has 0 radical (unpaired) electrons. The minimum atomic E-state index is -0.331. The highest BCUT2D eigenvalue weighted by Crippen LogP contribution is 2.29. The van der Waals surface area contributed by atoms with Gasteiger partial charge in [0.25, 0.3) is 0 Å². The highest BCUT2D eigenvalue weighted by atomic mass is 32.2. The van der Waals surface area contributed by atoms with Crippen LogP contribution in [-0.4, -0.2) is 38.0 Å². The van der Waals surface area contributed by atoms with Gasteiger partial charge in [-0.15, -0.1) is 21.5 Å². The van der Waals surface area contributed by atoms with Crippen molar-refractivity contribution in [3.8, 4) is 17.1 Å². The summed E-state index contributed by atoms with van der Waals surface area (Å²) in [5, 5.41) is 12.5. The Bertz CT molecular complexity index is 946. The predicted octanol–water partition coefficient (Wildman–Crippen LogP) is 4.17. The van der Waals surface area contributed by atoms with Crippen molar-refractivity contribution < 1.29 is 9.53 Å². The summed E-state index contributed by atoms with van der Waals surface area (Å²) in [5.74, 6) is 1.46. The lowest BCUT2D eigenvalue weighted by Crippen LogP contribution is -2.22. The fourth-order valence-corrected chi connectivity index (χ4v) is 4.29. The van der Waals surface area contributed by atoms with E-state index in [1.165, 1.54) is 23.1 Å². The minimum Gasteiger partial charge on any atom is -0.497 e. The standard InChI is InChI=1S/C19H23N5O2S2/c1-6-24-16(14-7-9-15(26-5)10-8-14)22-23-19(24)28-13(4)17(25)21-18-20-11(2)12(3)27-18/h7-10,13H,6H2,1-5H3,(H,20,21,25)/t13-/m0/s1. The Kier molecular flexibility index (Phi) is 6.35. The number of aromatic nitrogens is 4. The summed E-state index contributed by atoms with van der Waals surface area (Å²) in [4.78, 5) is 18.0. The number of hydrogen-bond donors (Lipinski definition) is 1. The zero-order chi connectivity index (χ0) is 20.3. The van der Waals surface area contributed by atoms with E-state index in [1.54, 1.807) is 7.11 Å². The summed E-state index contributed by atoms with van der Waals surface area (Å²) >= 11 is 2.87. The lowest BCUT2D eigenvalue weighted by molar-refractivity contribution is -0.115. The van der Waals surface area contributed by atoms with Crippen LogP contribution in [0, 0.1) is 13.8 Å². The summed E-state index contributed by atoms with van der Waals surface area (Å²) in [6.07, 6.45) is 0. The molecule has 0 aliphatic carbocycles. The van der Waals surface area contributed by atoms with E-state index in [9.17, 15) is 4.79 Å². The van der Waals surface area contributed by atoms with Gasteiger partial charge in [0.15, 0.2) is 16.1 Å². The van der Waals surface area contributed by atoms with E-state index < -0.39 is 0 Å². The first-order valence-corrected chi connectivity index (χ1v) is 10.6. The number of anilines is 1. The number of thioether (sulfide) groups is 1. The normalized spacial score (nSPS) is 12.0. The van der Waals surface area contributed by atoms with Gasteiger partial charge in [0.2, 0.25) is 5.91 Å². The summed E-state index contributed by atoms with van der Waals surface area (Å²) in [6, 6.07) is 7.69. The van der Waals surface area contributed by atoms with Crippen molar-refractivity contribution in [1.82, 2.24) is 19.7 Å². The summed E-state index contributed by atoms with van der Waals surface area (Å²) < 4.78 is 7.22. The molecule has 2 aromatic heterocycles. The van der Waals surface area contributed by atoms with Crippen molar-refractivity contribution in [2.24, 2.45) is 0 Å². The summed E-state index contributed by atoms with van der Waals surface area (Å²) in [5.41, 5.74) is 1.89. The van der Waals surface area contributed by atoms with Crippen LogP contribution in [0.4, 0.5) is 5.13 Å². The monoisotopic (exact) mass is 417 g/mol. The van der Waals surface area contributed by atoms with Gasteiger partial charge >= 0.3 is 0 Å². The molecule has 3 rings (SSSR count). The smallest absolute Gasteiger partial charge is 0.239 e. The number of methoxy groups -OCH3 is 1. The number of benzene rings is 1. The average molecular weight is 418 g/mol. The molecule has 1 atom stereocenters. The van der Waals surface area contributed by atoms with Crippen LogP contribution in [0.15, 0.2) is 29.4 Å². The van der Waals surface area contributed by atoms with E-state index in [0.717, 1.165) is 27.7 Å². The van der Waals surface area contributed by atoms with Gasteiger partial charge in [0.1, 0.15) is 5.75 Å². The number of ether oxygens (including phenoxy) is 1. The van der Waals surface area contributed by atoms with Crippen LogP contribution in [0.5, 0.6) is 5.75 Å². The number of aryl methyl sites for hydroxylation is 2. The van der Waals surface area contributed by atoms with E-state index in [2.05, 4.69) is 20.5 Å². The summed E-state index contributed by atoms with van der Waals surface area (Å²) in [6.45, 7) is 8.52. The molecule has 28 heavy (non-hydrogen) atoms. The van der Waals surface area contributed by atoms with Crippen molar-refractivity contribution in [2.75, 3.05) is 12.4 Å². The number of rotatable bonds is 7. The molecule has 7 nitrogen and oxygen atoms in total. The quantitative estimate of drug-likeness (QED) is 0.581. The Balaban J connectivity index is 1.74. The molecule has 0 aliphatic rings. The van der Waals surface area contributed by atoms with Crippen LogP contribution in [0.3, 0.4) is 0 Å². The predicted molar refractivity (Wildman–Crippen MR) is 113 cm³/mol. The molecule has 0 saturated heterocycles. The van der Waals surface area contributed by atoms with Gasteiger partial charge < -0.3 is 14.6 Å². The van der Waals surface area contributed by atoms with E-state index in [1.807, 2.05) is 56.5 Å². The second-order valence-corrected chi connectivity index (χ2v) is 8.70. The van der Waals surface area contributed by atoms with Crippen molar-refractivity contribution in [3.05, 3.63) is 34.8 Å². The van der Waals surface area contributed by atoms with Gasteiger partial charge in [-0.25, -0.2) is 4.98 Å². The third-order valence-corrected chi connectivity index (χ3v) is 6.36. The molecule has 1 aromatic carbocycles. The average Bonchev–Trinajstić information content (AvgIpc) is 3.23. The lowest BCUT2D eigenvalue weighted by Gasteiger charge is -2.12. The molecular formula is C19H23N5O2S2. The van der Waals surface area contributed by atoms with Gasteiger partial charge in [0, 0.05) is 17.0 Å². The third-order valence-electron chi connectivity index (χ3n) is 4.29. The zero-order valence-electron chi connectivity index (χ0n) is 16.5. The number of thiazole rings is 1. The topological polar surface area (TPSA) is 81.9 Å². The van der Waals surface area contributed by atoms with E-state index in [0.29, 0.717) is 16.8 Å². The molecule has 3 aromatic rings. The third kappa shape index (κ3) is 4.36. The Morgan fingerprint density at radius 1 is 1.29 bits per heavy atom. The molecule has 2 heterocycles. The highest BCUT2D eigenvalue weighted by molar-refractivity contribution is 8.00. The van der Waals surface area contributed by atoms with Crippen LogP contribution < -0.4 is 10.1 Å². The van der Waals surface area contributed by atoms with Crippen LogP contribution in [0.2, 0.25) is 0 Å². The van der Waals surface area contributed by atoms with E-state index in [-0.39, 0.29) is 11.2 Å². The first-order chi connectivity index (χ1) is 13.4. The van der Waals surface area contributed by atoms with Crippen molar-refractivity contribution in [2.45, 2.75) is 44.6 Å². The second kappa shape index (κ2) is 8.74. The molecular weight excluding hydrogens is 394 g/mol. The number of nitrogens with zero attached hydrogens (tertiary/aromatic N) is 4. The number of amides is 1. The van der Waals surface area contributed by atoms with Gasteiger partial charge in [0.05, 0.1) is 18.1 Å². The molecule has 0 fully saturated rings. The van der Waals surface area contributed by atoms with E-state index in [4.69, 9.17) is 4.74 Å². The number of hydrogen-bond acceptors (Lipinski definition) is 7. The second-order valence-electron chi connectivity index (χ2n) is 6.19. The Hall–Kier alpha value is -2.39. The minimum absolute atomic E-state index is 0.101. The van der Waals surface area contributed by atoms with Crippen molar-refractivity contribution in [1.29, 1.82) is 0 Å². The molecule has 0 spiro atoms. The molecule has 0 unspecified atom stereocenters. The van der Waals surface area contributed by atoms with Crippen LogP contribution in [0.25, 0.3) is 11.4 Å². The molecule has 0 aliphatic heterocycles. The first kappa shape index (κ1) is 20.3. The largest absolute Gasteiger partial charge is 0.497 e. The molecule has 0 saturated carbocycles. The van der Waals surface area contributed by atoms with Crippen LogP contribution >= 0.6 is 23.1 Å². The van der Waals surface area contributed by atoms with Gasteiger partial charge in [-0.05, 0) is 52.0 Å². The maximum atomic E-state index is 12.5. The maximum Gasteiger partial charge on any atom is 0.239 e.